The maximum atomic E-state index is 13.9. The zero-order chi connectivity index (χ0) is 14.8. The molecule has 1 heterocycles. The first kappa shape index (κ1) is 21.7. The van der Waals surface area contributed by atoms with Crippen molar-refractivity contribution in [1.82, 2.24) is 10.2 Å². The largest absolute Gasteiger partial charge is 0.390 e. The quantitative estimate of drug-likeness (QED) is 0.786. The molecule has 1 fully saturated rings. The van der Waals surface area contributed by atoms with Crippen LogP contribution in [0.4, 0.5) is 17.6 Å². The van der Waals surface area contributed by atoms with Gasteiger partial charge < -0.3 is 5.32 Å². The molecule has 1 aromatic carbocycles. The third-order valence-electron chi connectivity index (χ3n) is 3.33. The molecule has 1 aromatic rings. The van der Waals surface area contributed by atoms with E-state index in [0.29, 0.717) is 26.2 Å². The van der Waals surface area contributed by atoms with E-state index >= 15 is 0 Å². The van der Waals surface area contributed by atoms with Crippen LogP contribution in [-0.4, -0.2) is 37.3 Å². The van der Waals surface area contributed by atoms with Gasteiger partial charge in [-0.25, -0.2) is 4.39 Å². The number of hydrogen-bond donors (Lipinski definition) is 1. The summed E-state index contributed by atoms with van der Waals surface area (Å²) in [4.78, 5) is 1.65. The average Bonchev–Trinajstić information content (AvgIpc) is 2.39. The second-order valence-electron chi connectivity index (χ2n) is 4.79. The summed E-state index contributed by atoms with van der Waals surface area (Å²) >= 11 is 5.79. The highest BCUT2D eigenvalue weighted by atomic mass is 35.5. The van der Waals surface area contributed by atoms with E-state index in [1.807, 2.05) is 0 Å². The molecule has 0 radical (unpaired) electrons. The maximum Gasteiger partial charge on any atom is 0.390 e. The first-order chi connectivity index (χ1) is 9.37. The Bertz CT molecular complexity index is 465. The molecule has 0 amide bonds. The maximum absolute atomic E-state index is 13.9. The molecule has 0 spiro atoms. The third-order valence-corrected chi connectivity index (χ3v) is 3.57. The fraction of sp³-hybridized carbons (Fsp3) is 0.538. The van der Waals surface area contributed by atoms with Gasteiger partial charge in [0.15, 0.2) is 0 Å². The summed E-state index contributed by atoms with van der Waals surface area (Å²) in [7, 11) is 0. The number of alkyl halides is 3. The van der Waals surface area contributed by atoms with Crippen LogP contribution in [0.1, 0.15) is 18.0 Å². The van der Waals surface area contributed by atoms with Crippen molar-refractivity contribution in [3.63, 3.8) is 0 Å². The van der Waals surface area contributed by atoms with Crippen molar-refractivity contribution in [2.75, 3.05) is 26.2 Å². The van der Waals surface area contributed by atoms with Crippen LogP contribution in [0.3, 0.4) is 0 Å². The summed E-state index contributed by atoms with van der Waals surface area (Å²) in [5.74, 6) is -0.651. The van der Waals surface area contributed by atoms with Crippen molar-refractivity contribution in [1.29, 1.82) is 0 Å². The van der Waals surface area contributed by atoms with E-state index in [1.54, 1.807) is 4.90 Å². The molecule has 1 saturated heterocycles. The lowest BCUT2D eigenvalue weighted by atomic mass is 10.00. The molecule has 9 heteroatoms. The fourth-order valence-corrected chi connectivity index (χ4v) is 2.60. The lowest BCUT2D eigenvalue weighted by molar-refractivity contribution is -0.149. The molecule has 128 valence electrons. The lowest BCUT2D eigenvalue weighted by Crippen LogP contribution is -2.46. The molecule has 1 N–H and O–H groups in total. The van der Waals surface area contributed by atoms with Crippen LogP contribution in [0, 0.1) is 5.82 Å². The Hall–Kier alpha value is -0.270. The van der Waals surface area contributed by atoms with Crippen LogP contribution in [0.2, 0.25) is 5.02 Å². The fourth-order valence-electron chi connectivity index (χ4n) is 2.42. The number of halogens is 7. The molecule has 1 atom stereocenters. The number of benzene rings is 1. The van der Waals surface area contributed by atoms with Crippen molar-refractivity contribution in [2.24, 2.45) is 0 Å². The summed E-state index contributed by atoms with van der Waals surface area (Å²) in [5.41, 5.74) is 0.0109. The van der Waals surface area contributed by atoms with Crippen molar-refractivity contribution in [3.05, 3.63) is 34.6 Å². The Labute approximate surface area is 144 Å². The molecular weight excluding hydrogens is 367 g/mol. The first-order valence-electron chi connectivity index (χ1n) is 6.33. The Kier molecular flexibility index (Phi) is 9.02. The smallest absolute Gasteiger partial charge is 0.314 e. The Balaban J connectivity index is 0.00000220. The molecule has 1 aliphatic heterocycles. The summed E-state index contributed by atoms with van der Waals surface area (Å²) in [6.45, 7) is 2.09. The van der Waals surface area contributed by atoms with Crippen LogP contribution < -0.4 is 5.32 Å². The van der Waals surface area contributed by atoms with Gasteiger partial charge in [-0.15, -0.1) is 24.8 Å². The third kappa shape index (κ3) is 6.08. The van der Waals surface area contributed by atoms with E-state index in [-0.39, 0.29) is 35.4 Å². The number of hydrogen-bond acceptors (Lipinski definition) is 2. The molecule has 2 rings (SSSR count). The van der Waals surface area contributed by atoms with Crippen LogP contribution in [0.15, 0.2) is 18.2 Å². The van der Waals surface area contributed by atoms with Crippen molar-refractivity contribution in [3.8, 4) is 0 Å². The van der Waals surface area contributed by atoms with E-state index in [9.17, 15) is 17.6 Å². The Morgan fingerprint density at radius 2 is 1.77 bits per heavy atom. The topological polar surface area (TPSA) is 15.3 Å². The van der Waals surface area contributed by atoms with Crippen molar-refractivity contribution in [2.45, 2.75) is 18.6 Å². The molecule has 0 aliphatic carbocycles. The Morgan fingerprint density at radius 1 is 1.18 bits per heavy atom. The van der Waals surface area contributed by atoms with Gasteiger partial charge in [0.1, 0.15) is 5.82 Å². The van der Waals surface area contributed by atoms with Gasteiger partial charge in [-0.3, -0.25) is 4.90 Å². The predicted molar refractivity (Wildman–Crippen MR) is 83.8 cm³/mol. The molecule has 0 aromatic heterocycles. The van der Waals surface area contributed by atoms with Gasteiger partial charge in [0.2, 0.25) is 0 Å². The van der Waals surface area contributed by atoms with Crippen LogP contribution in [0.25, 0.3) is 0 Å². The molecule has 0 saturated carbocycles. The van der Waals surface area contributed by atoms with Crippen molar-refractivity contribution < 1.29 is 17.6 Å². The minimum atomic E-state index is -4.36. The van der Waals surface area contributed by atoms with E-state index in [0.717, 1.165) is 6.07 Å². The van der Waals surface area contributed by atoms with E-state index < -0.39 is 24.5 Å². The van der Waals surface area contributed by atoms with Gasteiger partial charge in [-0.05, 0) is 18.2 Å². The van der Waals surface area contributed by atoms with E-state index in [4.69, 9.17) is 11.6 Å². The SMILES string of the molecule is Cl.Cl.Fc1ccc(Cl)cc1[C@@H](CC(F)(F)F)N1CCNCC1. The summed E-state index contributed by atoms with van der Waals surface area (Å²) in [6, 6.07) is 2.71. The normalized spacial score (nSPS) is 17.3. The number of nitrogens with zero attached hydrogens (tertiary/aromatic N) is 1. The Morgan fingerprint density at radius 3 is 2.32 bits per heavy atom. The zero-order valence-electron chi connectivity index (χ0n) is 11.5. The standard InChI is InChI=1S/C13H15ClF4N2.2ClH/c14-9-1-2-11(15)10(7-9)12(8-13(16,17)18)20-5-3-19-4-6-20;;/h1-2,7,12,19H,3-6,8H2;2*1H/t12-;;/m1../s1. The van der Waals surface area contributed by atoms with Gasteiger partial charge >= 0.3 is 6.18 Å². The first-order valence-corrected chi connectivity index (χ1v) is 6.71. The highest BCUT2D eigenvalue weighted by Gasteiger charge is 2.37. The second kappa shape index (κ2) is 9.13. The highest BCUT2D eigenvalue weighted by Crippen LogP contribution is 2.36. The van der Waals surface area contributed by atoms with Crippen molar-refractivity contribution >= 4 is 36.4 Å². The van der Waals surface area contributed by atoms with Crippen LogP contribution in [0.5, 0.6) is 0 Å². The number of rotatable bonds is 3. The lowest BCUT2D eigenvalue weighted by Gasteiger charge is -2.35. The predicted octanol–water partition coefficient (Wildman–Crippen LogP) is 4.22. The molecular formula is C13H17Cl3F4N2. The van der Waals surface area contributed by atoms with Crippen LogP contribution >= 0.6 is 36.4 Å². The molecule has 22 heavy (non-hydrogen) atoms. The number of nitrogens with one attached hydrogen (secondary N) is 1. The van der Waals surface area contributed by atoms with E-state index in [1.165, 1.54) is 12.1 Å². The molecule has 0 bridgehead atoms. The minimum Gasteiger partial charge on any atom is -0.314 e. The number of piperazine rings is 1. The summed E-state index contributed by atoms with van der Waals surface area (Å²) < 4.78 is 52.2. The van der Waals surface area contributed by atoms with Gasteiger partial charge in [0.05, 0.1) is 6.42 Å². The van der Waals surface area contributed by atoms with Gasteiger partial charge in [-0.1, -0.05) is 11.6 Å². The summed E-state index contributed by atoms with van der Waals surface area (Å²) in [5, 5.41) is 3.31. The zero-order valence-corrected chi connectivity index (χ0v) is 13.9. The second-order valence-corrected chi connectivity index (χ2v) is 5.22. The summed E-state index contributed by atoms with van der Waals surface area (Å²) in [6.07, 6.45) is -5.44. The van der Waals surface area contributed by atoms with Crippen LogP contribution in [-0.2, 0) is 0 Å². The molecule has 2 nitrogen and oxygen atoms in total. The average molecular weight is 384 g/mol. The van der Waals surface area contributed by atoms with Gasteiger partial charge in [-0.2, -0.15) is 13.2 Å². The van der Waals surface area contributed by atoms with Gasteiger partial charge in [0.25, 0.3) is 0 Å². The van der Waals surface area contributed by atoms with Gasteiger partial charge in [0, 0.05) is 42.8 Å². The molecule has 1 aliphatic rings. The monoisotopic (exact) mass is 382 g/mol. The minimum absolute atomic E-state index is 0. The molecule has 0 unspecified atom stereocenters. The highest BCUT2D eigenvalue weighted by molar-refractivity contribution is 6.30. The van der Waals surface area contributed by atoms with E-state index in [2.05, 4.69) is 5.32 Å².